The molecule has 0 saturated carbocycles. The zero-order chi connectivity index (χ0) is 10.7. The summed E-state index contributed by atoms with van der Waals surface area (Å²) in [5, 5.41) is 6.32. The number of amides is 1. The number of rotatable bonds is 2. The maximum absolute atomic E-state index is 11.5. The molecule has 2 aliphatic rings. The Labute approximate surface area is 91.4 Å². The van der Waals surface area contributed by atoms with Gasteiger partial charge in [0, 0.05) is 31.6 Å². The van der Waals surface area contributed by atoms with Crippen LogP contribution < -0.4 is 10.6 Å². The van der Waals surface area contributed by atoms with Gasteiger partial charge >= 0.3 is 0 Å². The Morgan fingerprint density at radius 3 is 2.87 bits per heavy atom. The Kier molecular flexibility index (Phi) is 3.59. The quantitative estimate of drug-likeness (QED) is 0.673. The number of carbonyl (C=O) groups excluding carboxylic acids is 1. The van der Waals surface area contributed by atoms with Crippen molar-refractivity contribution in [3.05, 3.63) is 0 Å². The third-order valence-electron chi connectivity index (χ3n) is 3.64. The highest BCUT2D eigenvalue weighted by Gasteiger charge is 2.27. The third kappa shape index (κ3) is 2.69. The molecule has 0 aliphatic carbocycles. The maximum Gasteiger partial charge on any atom is 0.221 e. The van der Waals surface area contributed by atoms with Crippen LogP contribution in [0.15, 0.2) is 0 Å². The van der Waals surface area contributed by atoms with Crippen LogP contribution in [-0.4, -0.2) is 49.6 Å². The van der Waals surface area contributed by atoms with Crippen LogP contribution in [0.5, 0.6) is 0 Å². The average molecular weight is 211 g/mol. The number of hydrogen-bond acceptors (Lipinski definition) is 3. The van der Waals surface area contributed by atoms with Gasteiger partial charge < -0.3 is 10.6 Å². The van der Waals surface area contributed by atoms with Crippen LogP contribution in [-0.2, 0) is 4.79 Å². The van der Waals surface area contributed by atoms with E-state index >= 15 is 0 Å². The van der Waals surface area contributed by atoms with Gasteiger partial charge in [-0.1, -0.05) is 0 Å². The lowest BCUT2D eigenvalue weighted by Crippen LogP contribution is -2.42. The van der Waals surface area contributed by atoms with Crippen LogP contribution >= 0.6 is 0 Å². The van der Waals surface area contributed by atoms with E-state index in [0.29, 0.717) is 18.5 Å². The minimum absolute atomic E-state index is 0.218. The molecule has 2 heterocycles. The Morgan fingerprint density at radius 2 is 2.13 bits per heavy atom. The molecule has 0 radical (unpaired) electrons. The normalized spacial score (nSPS) is 32.8. The first-order valence-corrected chi connectivity index (χ1v) is 5.96. The lowest BCUT2D eigenvalue weighted by molar-refractivity contribution is -0.121. The van der Waals surface area contributed by atoms with Gasteiger partial charge in [-0.15, -0.1) is 0 Å². The van der Waals surface area contributed by atoms with E-state index in [2.05, 4.69) is 22.6 Å². The number of hydrogen-bond donors (Lipinski definition) is 2. The first-order chi connectivity index (χ1) is 7.27. The summed E-state index contributed by atoms with van der Waals surface area (Å²) in [4.78, 5) is 13.9. The zero-order valence-electron chi connectivity index (χ0n) is 9.46. The second-order valence-corrected chi connectivity index (χ2v) is 4.66. The van der Waals surface area contributed by atoms with Gasteiger partial charge in [0.1, 0.15) is 0 Å². The predicted molar refractivity (Wildman–Crippen MR) is 59.7 cm³/mol. The molecule has 2 fully saturated rings. The molecule has 1 amide bonds. The van der Waals surface area contributed by atoms with Crippen LogP contribution in [0.4, 0.5) is 0 Å². The SMILES string of the molecule is CN(C1CCNC1)C1CCCNC(=O)C1. The molecule has 0 bridgehead atoms. The van der Waals surface area contributed by atoms with Crippen molar-refractivity contribution in [1.82, 2.24) is 15.5 Å². The fraction of sp³-hybridized carbons (Fsp3) is 0.909. The highest BCUT2D eigenvalue weighted by Crippen LogP contribution is 2.17. The van der Waals surface area contributed by atoms with Crippen molar-refractivity contribution in [2.75, 3.05) is 26.7 Å². The van der Waals surface area contributed by atoms with Crippen LogP contribution in [0.2, 0.25) is 0 Å². The highest BCUT2D eigenvalue weighted by molar-refractivity contribution is 5.76. The average Bonchev–Trinajstić information content (AvgIpc) is 2.67. The van der Waals surface area contributed by atoms with Gasteiger partial charge in [0.05, 0.1) is 0 Å². The summed E-state index contributed by atoms with van der Waals surface area (Å²) < 4.78 is 0. The molecule has 0 spiro atoms. The monoisotopic (exact) mass is 211 g/mol. The number of nitrogens with zero attached hydrogens (tertiary/aromatic N) is 1. The topological polar surface area (TPSA) is 44.4 Å². The van der Waals surface area contributed by atoms with Crippen molar-refractivity contribution in [3.63, 3.8) is 0 Å². The van der Waals surface area contributed by atoms with Gasteiger partial charge in [-0.2, -0.15) is 0 Å². The molecule has 2 N–H and O–H groups in total. The molecule has 15 heavy (non-hydrogen) atoms. The summed E-state index contributed by atoms with van der Waals surface area (Å²) in [6.45, 7) is 3.05. The molecule has 2 unspecified atom stereocenters. The lowest BCUT2D eigenvalue weighted by Gasteiger charge is -2.31. The standard InChI is InChI=1S/C11H21N3O/c1-14(10-4-6-12-8-10)9-3-2-5-13-11(15)7-9/h9-10,12H,2-8H2,1H3,(H,13,15). The van der Waals surface area contributed by atoms with Crippen molar-refractivity contribution in [3.8, 4) is 0 Å². The van der Waals surface area contributed by atoms with Gasteiger partial charge in [-0.25, -0.2) is 0 Å². The molecule has 86 valence electrons. The first kappa shape index (κ1) is 10.9. The molecule has 2 atom stereocenters. The van der Waals surface area contributed by atoms with E-state index in [1.807, 2.05) is 0 Å². The van der Waals surface area contributed by atoms with Gasteiger partial charge in [0.15, 0.2) is 0 Å². The van der Waals surface area contributed by atoms with Gasteiger partial charge in [0.2, 0.25) is 5.91 Å². The Bertz CT molecular complexity index is 226. The summed E-state index contributed by atoms with van der Waals surface area (Å²) in [7, 11) is 2.17. The molecule has 4 heteroatoms. The fourth-order valence-corrected chi connectivity index (χ4v) is 2.59. The molecule has 2 saturated heterocycles. The minimum atomic E-state index is 0.218. The predicted octanol–water partition coefficient (Wildman–Crippen LogP) is -0.0512. The van der Waals surface area contributed by atoms with Crippen LogP contribution in [0.1, 0.15) is 25.7 Å². The molecule has 4 nitrogen and oxygen atoms in total. The molecule has 2 rings (SSSR count). The van der Waals surface area contributed by atoms with E-state index in [1.54, 1.807) is 0 Å². The van der Waals surface area contributed by atoms with Crippen LogP contribution in [0.25, 0.3) is 0 Å². The van der Waals surface area contributed by atoms with Crippen LogP contribution in [0, 0.1) is 0 Å². The van der Waals surface area contributed by atoms with Crippen molar-refractivity contribution >= 4 is 5.91 Å². The molecule has 0 aromatic carbocycles. The first-order valence-electron chi connectivity index (χ1n) is 5.96. The fourth-order valence-electron chi connectivity index (χ4n) is 2.59. The van der Waals surface area contributed by atoms with E-state index in [4.69, 9.17) is 0 Å². The van der Waals surface area contributed by atoms with Gasteiger partial charge in [0.25, 0.3) is 0 Å². The lowest BCUT2D eigenvalue weighted by atomic mass is 10.1. The third-order valence-corrected chi connectivity index (χ3v) is 3.64. The van der Waals surface area contributed by atoms with Gasteiger partial charge in [-0.3, -0.25) is 9.69 Å². The van der Waals surface area contributed by atoms with E-state index in [-0.39, 0.29) is 5.91 Å². The summed E-state index contributed by atoms with van der Waals surface area (Å²) in [5.74, 6) is 0.218. The zero-order valence-corrected chi connectivity index (χ0v) is 9.46. The van der Waals surface area contributed by atoms with E-state index < -0.39 is 0 Å². The Balaban J connectivity index is 1.92. The molecule has 2 aliphatic heterocycles. The number of likely N-dealkylation sites (N-methyl/N-ethyl adjacent to an activating group) is 1. The van der Waals surface area contributed by atoms with Crippen molar-refractivity contribution in [2.45, 2.75) is 37.8 Å². The second-order valence-electron chi connectivity index (χ2n) is 4.66. The molecule has 0 aromatic heterocycles. The number of carbonyl (C=O) groups is 1. The molecular formula is C11H21N3O. The van der Waals surface area contributed by atoms with Crippen molar-refractivity contribution < 1.29 is 4.79 Å². The van der Waals surface area contributed by atoms with Crippen molar-refractivity contribution in [2.24, 2.45) is 0 Å². The summed E-state index contributed by atoms with van der Waals surface area (Å²) in [6, 6.07) is 1.07. The minimum Gasteiger partial charge on any atom is -0.356 e. The summed E-state index contributed by atoms with van der Waals surface area (Å²) in [5.41, 5.74) is 0. The highest BCUT2D eigenvalue weighted by atomic mass is 16.1. The second kappa shape index (κ2) is 4.94. The smallest absolute Gasteiger partial charge is 0.221 e. The molecular weight excluding hydrogens is 190 g/mol. The van der Waals surface area contributed by atoms with Crippen LogP contribution in [0.3, 0.4) is 0 Å². The van der Waals surface area contributed by atoms with Gasteiger partial charge in [-0.05, 0) is 32.9 Å². The molecule has 0 aromatic rings. The summed E-state index contributed by atoms with van der Waals surface area (Å²) >= 11 is 0. The Hall–Kier alpha value is -0.610. The Morgan fingerprint density at radius 1 is 1.27 bits per heavy atom. The number of nitrogens with one attached hydrogen (secondary N) is 2. The van der Waals surface area contributed by atoms with Crippen molar-refractivity contribution in [1.29, 1.82) is 0 Å². The largest absolute Gasteiger partial charge is 0.356 e. The van der Waals surface area contributed by atoms with E-state index in [1.165, 1.54) is 6.42 Å². The maximum atomic E-state index is 11.5. The van der Waals surface area contributed by atoms with E-state index in [9.17, 15) is 4.79 Å². The van der Waals surface area contributed by atoms with E-state index in [0.717, 1.165) is 32.5 Å². The summed E-state index contributed by atoms with van der Waals surface area (Å²) in [6.07, 6.45) is 4.15.